The Hall–Kier alpha value is -1.54. The van der Waals surface area contributed by atoms with Gasteiger partial charge in [0.15, 0.2) is 5.58 Å². The second-order valence-corrected chi connectivity index (χ2v) is 3.96. The van der Waals surface area contributed by atoms with Crippen molar-refractivity contribution in [3.05, 3.63) is 33.2 Å². The molecule has 0 unspecified atom stereocenters. The van der Waals surface area contributed by atoms with Crippen LogP contribution in [-0.2, 0) is 6.54 Å². The molecule has 5 heteroatoms. The number of rotatable bonds is 2. The van der Waals surface area contributed by atoms with E-state index in [4.69, 9.17) is 9.68 Å². The van der Waals surface area contributed by atoms with Gasteiger partial charge < -0.3 is 4.42 Å². The molecule has 0 aliphatic carbocycles. The fraction of sp³-hybridized carbons (Fsp3) is 0.200. The minimum Gasteiger partial charge on any atom is -0.408 e. The molecule has 0 aliphatic rings. The lowest BCUT2D eigenvalue weighted by Crippen LogP contribution is -2.13. The number of halogens is 1. The Balaban J connectivity index is 2.59. The first-order chi connectivity index (χ1) is 7.22. The molecule has 0 saturated carbocycles. The lowest BCUT2D eigenvalue weighted by Gasteiger charge is -1.96. The summed E-state index contributed by atoms with van der Waals surface area (Å²) in [5, 5.41) is 8.47. The maximum Gasteiger partial charge on any atom is 0.419 e. The maximum absolute atomic E-state index is 11.4. The Bertz CT molecular complexity index is 591. The summed E-state index contributed by atoms with van der Waals surface area (Å²) >= 11 is 3.30. The molecule has 4 nitrogen and oxygen atoms in total. The number of aryl methyl sites for hydroxylation is 1. The Morgan fingerprint density at radius 2 is 2.33 bits per heavy atom. The topological polar surface area (TPSA) is 58.9 Å². The summed E-state index contributed by atoms with van der Waals surface area (Å²) in [5.74, 6) is -0.418. The molecular weight excluding hydrogens is 260 g/mol. The van der Waals surface area contributed by atoms with Gasteiger partial charge in [0.25, 0.3) is 0 Å². The first-order valence-electron chi connectivity index (χ1n) is 4.38. The summed E-state index contributed by atoms with van der Waals surface area (Å²) in [6.45, 7) is 0.365. The van der Waals surface area contributed by atoms with E-state index >= 15 is 0 Å². The van der Waals surface area contributed by atoms with Gasteiger partial charge in [-0.3, -0.25) is 4.57 Å². The van der Waals surface area contributed by atoms with Gasteiger partial charge in [-0.15, -0.1) is 0 Å². The molecule has 0 atom stereocenters. The van der Waals surface area contributed by atoms with Crippen LogP contribution in [0, 0.1) is 11.3 Å². The smallest absolute Gasteiger partial charge is 0.408 e. The second-order valence-electron chi connectivity index (χ2n) is 3.04. The predicted molar refractivity (Wildman–Crippen MR) is 58.4 cm³/mol. The van der Waals surface area contributed by atoms with Crippen LogP contribution in [-0.4, -0.2) is 4.57 Å². The van der Waals surface area contributed by atoms with E-state index < -0.39 is 5.76 Å². The SMILES string of the molecule is N#CCCn1c(=O)oc2cc(Br)ccc21. The van der Waals surface area contributed by atoms with Gasteiger partial charge in [-0.25, -0.2) is 4.79 Å². The Labute approximate surface area is 93.9 Å². The third kappa shape index (κ3) is 1.81. The van der Waals surface area contributed by atoms with Crippen LogP contribution in [0.2, 0.25) is 0 Å². The number of hydrogen-bond donors (Lipinski definition) is 0. The van der Waals surface area contributed by atoms with Gasteiger partial charge in [0.2, 0.25) is 0 Å². The zero-order valence-corrected chi connectivity index (χ0v) is 9.32. The van der Waals surface area contributed by atoms with Gasteiger partial charge in [-0.2, -0.15) is 5.26 Å². The van der Waals surface area contributed by atoms with Gasteiger partial charge in [-0.05, 0) is 18.2 Å². The quantitative estimate of drug-likeness (QED) is 0.838. The van der Waals surface area contributed by atoms with Crippen LogP contribution in [0.1, 0.15) is 6.42 Å². The van der Waals surface area contributed by atoms with Crippen molar-refractivity contribution in [2.24, 2.45) is 0 Å². The average molecular weight is 267 g/mol. The zero-order valence-electron chi connectivity index (χ0n) is 7.74. The van der Waals surface area contributed by atoms with E-state index in [9.17, 15) is 4.79 Å². The van der Waals surface area contributed by atoms with E-state index in [2.05, 4.69) is 15.9 Å². The molecule has 0 bridgehead atoms. The highest BCUT2D eigenvalue weighted by Crippen LogP contribution is 2.18. The maximum atomic E-state index is 11.4. The van der Waals surface area contributed by atoms with E-state index in [-0.39, 0.29) is 0 Å². The second kappa shape index (κ2) is 3.91. The van der Waals surface area contributed by atoms with Crippen LogP contribution in [0.3, 0.4) is 0 Å². The first kappa shape index (κ1) is 9.99. The van der Waals surface area contributed by atoms with Crippen LogP contribution in [0.15, 0.2) is 31.9 Å². The minimum absolute atomic E-state index is 0.296. The van der Waals surface area contributed by atoms with Crippen molar-refractivity contribution < 1.29 is 4.42 Å². The Morgan fingerprint density at radius 3 is 3.07 bits per heavy atom. The number of oxazole rings is 1. The molecule has 0 radical (unpaired) electrons. The summed E-state index contributed by atoms with van der Waals surface area (Å²) in [6.07, 6.45) is 0.296. The van der Waals surface area contributed by atoms with Crippen molar-refractivity contribution >= 4 is 27.0 Å². The fourth-order valence-corrected chi connectivity index (χ4v) is 1.75. The summed E-state index contributed by atoms with van der Waals surface area (Å²) < 4.78 is 7.37. The number of fused-ring (bicyclic) bond motifs is 1. The van der Waals surface area contributed by atoms with Crippen LogP contribution in [0.5, 0.6) is 0 Å². The van der Waals surface area contributed by atoms with Gasteiger partial charge in [-0.1, -0.05) is 15.9 Å². The van der Waals surface area contributed by atoms with Crippen LogP contribution >= 0.6 is 15.9 Å². The standard InChI is InChI=1S/C10H7BrN2O2/c11-7-2-3-8-9(6-7)15-10(14)13(8)5-1-4-12/h2-3,6H,1,5H2. The summed E-state index contributed by atoms with van der Waals surface area (Å²) in [5.41, 5.74) is 1.26. The molecule has 1 aromatic carbocycles. The van der Waals surface area contributed by atoms with Crippen molar-refractivity contribution in [3.63, 3.8) is 0 Å². The van der Waals surface area contributed by atoms with Gasteiger partial charge >= 0.3 is 5.76 Å². The zero-order chi connectivity index (χ0) is 10.8. The van der Waals surface area contributed by atoms with Crippen LogP contribution in [0.25, 0.3) is 11.1 Å². The van der Waals surface area contributed by atoms with Gasteiger partial charge in [0, 0.05) is 11.0 Å². The average Bonchev–Trinajstić information content (AvgIpc) is 2.50. The fourth-order valence-electron chi connectivity index (χ4n) is 1.41. The largest absolute Gasteiger partial charge is 0.419 e. The van der Waals surface area contributed by atoms with E-state index in [0.717, 1.165) is 9.99 Å². The first-order valence-corrected chi connectivity index (χ1v) is 5.17. The van der Waals surface area contributed by atoms with Crippen molar-refractivity contribution in [3.8, 4) is 6.07 Å². The van der Waals surface area contributed by atoms with Crippen molar-refractivity contribution in [2.75, 3.05) is 0 Å². The molecule has 1 heterocycles. The monoisotopic (exact) mass is 266 g/mol. The Morgan fingerprint density at radius 1 is 1.53 bits per heavy atom. The minimum atomic E-state index is -0.418. The molecule has 0 saturated heterocycles. The van der Waals surface area contributed by atoms with Crippen LogP contribution < -0.4 is 5.76 Å². The van der Waals surface area contributed by atoms with E-state index in [1.54, 1.807) is 12.1 Å². The number of nitriles is 1. The van der Waals surface area contributed by atoms with E-state index in [1.807, 2.05) is 12.1 Å². The summed E-state index contributed by atoms with van der Waals surface area (Å²) in [4.78, 5) is 11.4. The molecule has 0 amide bonds. The molecule has 0 fully saturated rings. The third-order valence-corrected chi connectivity index (χ3v) is 2.57. The highest BCUT2D eigenvalue weighted by molar-refractivity contribution is 9.10. The number of benzene rings is 1. The van der Waals surface area contributed by atoms with Crippen molar-refractivity contribution in [1.82, 2.24) is 4.57 Å². The van der Waals surface area contributed by atoms with Crippen molar-refractivity contribution in [2.45, 2.75) is 13.0 Å². The summed E-state index contributed by atoms with van der Waals surface area (Å²) in [6, 6.07) is 7.36. The van der Waals surface area contributed by atoms with Crippen LogP contribution in [0.4, 0.5) is 0 Å². The number of hydrogen-bond acceptors (Lipinski definition) is 3. The highest BCUT2D eigenvalue weighted by atomic mass is 79.9. The highest BCUT2D eigenvalue weighted by Gasteiger charge is 2.08. The third-order valence-electron chi connectivity index (χ3n) is 2.08. The van der Waals surface area contributed by atoms with E-state index in [1.165, 1.54) is 4.57 Å². The van der Waals surface area contributed by atoms with E-state index in [0.29, 0.717) is 18.5 Å². The van der Waals surface area contributed by atoms with Gasteiger partial charge in [0.05, 0.1) is 18.0 Å². The molecule has 15 heavy (non-hydrogen) atoms. The molecular formula is C10H7BrN2O2. The molecule has 0 N–H and O–H groups in total. The number of nitrogens with zero attached hydrogens (tertiary/aromatic N) is 2. The molecule has 76 valence electrons. The predicted octanol–water partition coefficient (Wildman–Crippen LogP) is 2.27. The lowest BCUT2D eigenvalue weighted by molar-refractivity contribution is 0.507. The normalized spacial score (nSPS) is 10.4. The Kier molecular flexibility index (Phi) is 2.60. The molecule has 0 spiro atoms. The summed E-state index contributed by atoms with van der Waals surface area (Å²) in [7, 11) is 0. The molecule has 1 aromatic heterocycles. The lowest BCUT2D eigenvalue weighted by atomic mass is 10.3. The van der Waals surface area contributed by atoms with Gasteiger partial charge in [0.1, 0.15) is 0 Å². The molecule has 2 rings (SSSR count). The molecule has 0 aliphatic heterocycles. The molecule has 2 aromatic rings. The van der Waals surface area contributed by atoms with Crippen molar-refractivity contribution in [1.29, 1.82) is 5.26 Å². The number of aromatic nitrogens is 1.